The van der Waals surface area contributed by atoms with Gasteiger partial charge in [0.05, 0.1) is 27.4 Å². The average molecular weight is 464 g/mol. The molecule has 0 bridgehead atoms. The molecule has 0 aliphatic heterocycles. The van der Waals surface area contributed by atoms with Gasteiger partial charge in [0.1, 0.15) is 17.2 Å². The van der Waals surface area contributed by atoms with Gasteiger partial charge in [0.2, 0.25) is 6.04 Å². The summed E-state index contributed by atoms with van der Waals surface area (Å²) >= 11 is 6.28. The van der Waals surface area contributed by atoms with Gasteiger partial charge in [-0.3, -0.25) is 9.59 Å². The van der Waals surface area contributed by atoms with E-state index in [1.807, 2.05) is 13.8 Å². The SMILES string of the molecule is CCOc1cccc(OCC)c1N=NC(C(C)=O)C(=O)N(Cl)c1ccc(OC)cc1OC. The van der Waals surface area contributed by atoms with Crippen molar-refractivity contribution in [3.8, 4) is 23.0 Å². The van der Waals surface area contributed by atoms with Crippen LogP contribution in [0.5, 0.6) is 23.0 Å². The van der Waals surface area contributed by atoms with E-state index in [0.29, 0.717) is 30.5 Å². The summed E-state index contributed by atoms with van der Waals surface area (Å²) in [7, 11) is 2.93. The van der Waals surface area contributed by atoms with E-state index in [1.54, 1.807) is 30.3 Å². The second-order valence-electron chi connectivity index (χ2n) is 6.35. The number of methoxy groups -OCH3 is 2. The van der Waals surface area contributed by atoms with Crippen molar-refractivity contribution in [1.29, 1.82) is 0 Å². The van der Waals surface area contributed by atoms with Gasteiger partial charge in [-0.15, -0.1) is 5.11 Å². The smallest absolute Gasteiger partial charge is 0.276 e. The molecular weight excluding hydrogens is 438 g/mol. The van der Waals surface area contributed by atoms with Crippen molar-refractivity contribution >= 4 is 34.8 Å². The van der Waals surface area contributed by atoms with Crippen LogP contribution in [0.1, 0.15) is 20.8 Å². The maximum absolute atomic E-state index is 13.0. The molecule has 2 aromatic carbocycles. The van der Waals surface area contributed by atoms with E-state index in [4.69, 9.17) is 30.7 Å². The minimum absolute atomic E-state index is 0.228. The number of hydrogen-bond donors (Lipinski definition) is 0. The number of Topliss-reactive ketones (excluding diaryl/α,β-unsaturated/α-hetero) is 1. The molecule has 9 nitrogen and oxygen atoms in total. The summed E-state index contributed by atoms with van der Waals surface area (Å²) in [5.41, 5.74) is 0.504. The number of amides is 1. The molecule has 0 aromatic heterocycles. The monoisotopic (exact) mass is 463 g/mol. The highest BCUT2D eigenvalue weighted by atomic mass is 35.5. The quantitative estimate of drug-likeness (QED) is 0.271. The molecule has 0 saturated carbocycles. The Hall–Kier alpha value is -3.33. The molecule has 10 heteroatoms. The largest absolute Gasteiger partial charge is 0.497 e. The highest BCUT2D eigenvalue weighted by molar-refractivity contribution is 6.39. The number of hydrogen-bond acceptors (Lipinski definition) is 8. The van der Waals surface area contributed by atoms with E-state index in [1.165, 1.54) is 27.2 Å². The summed E-state index contributed by atoms with van der Waals surface area (Å²) in [4.78, 5) is 25.3. The number of nitrogens with zero attached hydrogens (tertiary/aromatic N) is 3. The molecule has 2 aromatic rings. The van der Waals surface area contributed by atoms with Crippen LogP contribution < -0.4 is 23.4 Å². The number of halogens is 1. The molecule has 0 radical (unpaired) electrons. The Morgan fingerprint density at radius 3 is 2.12 bits per heavy atom. The van der Waals surface area contributed by atoms with Crippen LogP contribution in [-0.4, -0.2) is 45.2 Å². The lowest BCUT2D eigenvalue weighted by Crippen LogP contribution is -2.36. The van der Waals surface area contributed by atoms with Gasteiger partial charge >= 0.3 is 0 Å². The van der Waals surface area contributed by atoms with E-state index in [0.717, 1.165) is 4.42 Å². The van der Waals surface area contributed by atoms with Gasteiger partial charge in [0, 0.05) is 17.8 Å². The Labute approximate surface area is 192 Å². The predicted molar refractivity (Wildman–Crippen MR) is 121 cm³/mol. The fraction of sp³-hybridized carbons (Fsp3) is 0.364. The van der Waals surface area contributed by atoms with Crippen molar-refractivity contribution in [2.45, 2.75) is 26.8 Å². The van der Waals surface area contributed by atoms with Crippen LogP contribution in [0.15, 0.2) is 46.6 Å². The van der Waals surface area contributed by atoms with Gasteiger partial charge < -0.3 is 18.9 Å². The molecule has 1 unspecified atom stereocenters. The summed E-state index contributed by atoms with van der Waals surface area (Å²) in [5.74, 6) is 0.296. The third-order valence-corrected chi connectivity index (χ3v) is 4.59. The van der Waals surface area contributed by atoms with Crippen LogP contribution in [0.4, 0.5) is 11.4 Å². The van der Waals surface area contributed by atoms with Gasteiger partial charge in [-0.2, -0.15) is 5.11 Å². The van der Waals surface area contributed by atoms with Crippen molar-refractivity contribution in [2.24, 2.45) is 10.2 Å². The van der Waals surface area contributed by atoms with E-state index < -0.39 is 17.7 Å². The van der Waals surface area contributed by atoms with Crippen LogP contribution in [-0.2, 0) is 9.59 Å². The molecule has 0 heterocycles. The molecule has 172 valence electrons. The summed E-state index contributed by atoms with van der Waals surface area (Å²) in [5, 5.41) is 8.12. The highest BCUT2D eigenvalue weighted by Gasteiger charge is 2.30. The number of azo groups is 1. The summed E-state index contributed by atoms with van der Waals surface area (Å²) < 4.78 is 22.4. The van der Waals surface area contributed by atoms with Crippen molar-refractivity contribution in [2.75, 3.05) is 31.9 Å². The summed E-state index contributed by atoms with van der Waals surface area (Å²) in [6, 6.07) is 8.37. The predicted octanol–water partition coefficient (Wildman–Crippen LogP) is 4.73. The summed E-state index contributed by atoms with van der Waals surface area (Å²) in [6.07, 6.45) is 0. The molecule has 2 rings (SSSR count). The lowest BCUT2D eigenvalue weighted by molar-refractivity contribution is -0.126. The first kappa shape index (κ1) is 24.9. The average Bonchev–Trinajstić information content (AvgIpc) is 2.79. The first-order chi connectivity index (χ1) is 15.4. The maximum Gasteiger partial charge on any atom is 0.276 e. The number of ketones is 1. The van der Waals surface area contributed by atoms with Crippen molar-refractivity contribution in [3.05, 3.63) is 36.4 Å². The molecule has 0 fully saturated rings. The molecule has 32 heavy (non-hydrogen) atoms. The Kier molecular flexibility index (Phi) is 9.27. The fourth-order valence-electron chi connectivity index (χ4n) is 2.74. The number of ether oxygens (including phenoxy) is 4. The zero-order valence-corrected chi connectivity index (χ0v) is 19.4. The highest BCUT2D eigenvalue weighted by Crippen LogP contribution is 2.38. The number of benzene rings is 2. The lowest BCUT2D eigenvalue weighted by Gasteiger charge is -2.19. The fourth-order valence-corrected chi connectivity index (χ4v) is 2.97. The zero-order chi connectivity index (χ0) is 23.7. The van der Waals surface area contributed by atoms with Gasteiger partial charge in [-0.05, 0) is 45.0 Å². The lowest BCUT2D eigenvalue weighted by atomic mass is 10.2. The number of carbonyl (C=O) groups excluding carboxylic acids is 2. The van der Waals surface area contributed by atoms with E-state index in [9.17, 15) is 9.59 Å². The molecule has 1 atom stereocenters. The standard InChI is InChI=1S/C22H26ClN3O6/c1-6-31-17-9-8-10-18(32-7-2)21(17)25-24-20(14(3)27)22(28)26(23)16-12-11-15(29-4)13-19(16)30-5/h8-13,20H,6-7H2,1-5H3. The van der Waals surface area contributed by atoms with E-state index in [2.05, 4.69) is 10.2 Å². The third-order valence-electron chi connectivity index (χ3n) is 4.25. The first-order valence-electron chi connectivity index (χ1n) is 9.89. The normalized spacial score (nSPS) is 11.7. The van der Waals surface area contributed by atoms with Gasteiger partial charge in [-0.25, -0.2) is 4.42 Å². The van der Waals surface area contributed by atoms with Crippen molar-refractivity contribution in [3.63, 3.8) is 0 Å². The van der Waals surface area contributed by atoms with Crippen LogP contribution in [0.25, 0.3) is 0 Å². The Balaban J connectivity index is 2.40. The minimum atomic E-state index is -1.48. The second kappa shape index (κ2) is 11.9. The van der Waals surface area contributed by atoms with Gasteiger partial charge in [0.15, 0.2) is 23.0 Å². The zero-order valence-electron chi connectivity index (χ0n) is 18.6. The molecular formula is C22H26ClN3O6. The number of carbonyl (C=O) groups is 2. The molecule has 0 spiro atoms. The minimum Gasteiger partial charge on any atom is -0.497 e. The first-order valence-corrected chi connectivity index (χ1v) is 10.2. The van der Waals surface area contributed by atoms with Crippen LogP contribution in [0.2, 0.25) is 0 Å². The van der Waals surface area contributed by atoms with Gasteiger partial charge in [0.25, 0.3) is 5.91 Å². The Morgan fingerprint density at radius 2 is 1.62 bits per heavy atom. The number of rotatable bonds is 11. The van der Waals surface area contributed by atoms with Crippen LogP contribution >= 0.6 is 11.8 Å². The molecule has 0 saturated heterocycles. The Morgan fingerprint density at radius 1 is 1.00 bits per heavy atom. The topological polar surface area (TPSA) is 99.0 Å². The molecule has 0 aliphatic rings. The molecule has 0 N–H and O–H groups in total. The van der Waals surface area contributed by atoms with E-state index in [-0.39, 0.29) is 17.1 Å². The van der Waals surface area contributed by atoms with Crippen molar-refractivity contribution < 1.29 is 28.5 Å². The Bertz CT molecular complexity index is 958. The van der Waals surface area contributed by atoms with Crippen LogP contribution in [0.3, 0.4) is 0 Å². The number of anilines is 1. The second-order valence-corrected chi connectivity index (χ2v) is 6.69. The molecule has 0 aliphatic carbocycles. The summed E-state index contributed by atoms with van der Waals surface area (Å²) in [6.45, 7) is 5.66. The third kappa shape index (κ3) is 5.88. The van der Waals surface area contributed by atoms with E-state index >= 15 is 0 Å². The maximum atomic E-state index is 13.0. The van der Waals surface area contributed by atoms with Gasteiger partial charge in [-0.1, -0.05) is 6.07 Å². The molecule has 1 amide bonds. The van der Waals surface area contributed by atoms with Crippen molar-refractivity contribution in [1.82, 2.24) is 0 Å². The van der Waals surface area contributed by atoms with Crippen LogP contribution in [0, 0.1) is 0 Å².